The number of benzene rings is 1. The van der Waals surface area contributed by atoms with Gasteiger partial charge in [-0.05, 0) is 30.9 Å². The Bertz CT molecular complexity index is 721. The number of aromatic nitrogens is 2. The summed E-state index contributed by atoms with van der Waals surface area (Å²) >= 11 is 0. The van der Waals surface area contributed by atoms with Gasteiger partial charge in [0.05, 0.1) is 5.69 Å². The van der Waals surface area contributed by atoms with Crippen LogP contribution in [0, 0.1) is 5.92 Å². The highest BCUT2D eigenvalue weighted by Crippen LogP contribution is 2.23. The van der Waals surface area contributed by atoms with Gasteiger partial charge in [-0.1, -0.05) is 45.2 Å². The molecule has 0 radical (unpaired) electrons. The van der Waals surface area contributed by atoms with Gasteiger partial charge in [-0.2, -0.15) is 0 Å². The summed E-state index contributed by atoms with van der Waals surface area (Å²) in [4.78, 5) is 20.9. The van der Waals surface area contributed by atoms with E-state index in [0.717, 1.165) is 17.1 Å². The molecule has 5 heteroatoms. The first-order chi connectivity index (χ1) is 12.6. The first-order valence-corrected chi connectivity index (χ1v) is 9.59. The minimum Gasteiger partial charge on any atom is -0.367 e. The van der Waals surface area contributed by atoms with Crippen molar-refractivity contribution >= 4 is 11.7 Å². The topological polar surface area (TPSA) is 66.9 Å². The molecular weight excluding hydrogens is 324 g/mol. The van der Waals surface area contributed by atoms with Gasteiger partial charge in [0.1, 0.15) is 12.1 Å². The molecule has 138 valence electrons. The lowest BCUT2D eigenvalue weighted by Crippen LogP contribution is -2.27. The molecule has 3 rings (SSSR count). The van der Waals surface area contributed by atoms with E-state index in [-0.39, 0.29) is 5.91 Å². The summed E-state index contributed by atoms with van der Waals surface area (Å²) in [5, 5.41) is 6.47. The quantitative estimate of drug-likeness (QED) is 0.814. The molecule has 1 aliphatic rings. The molecule has 0 aliphatic heterocycles. The molecule has 26 heavy (non-hydrogen) atoms. The van der Waals surface area contributed by atoms with Crippen LogP contribution < -0.4 is 10.6 Å². The molecule has 1 aromatic heterocycles. The highest BCUT2D eigenvalue weighted by atomic mass is 16.1. The van der Waals surface area contributed by atoms with Crippen molar-refractivity contribution in [3.63, 3.8) is 0 Å². The molecule has 1 aromatic carbocycles. The number of nitrogens with zero attached hydrogens (tertiary/aromatic N) is 2. The predicted molar refractivity (Wildman–Crippen MR) is 105 cm³/mol. The monoisotopic (exact) mass is 352 g/mol. The number of amides is 1. The lowest BCUT2D eigenvalue weighted by atomic mass is 9.95. The molecule has 1 amide bonds. The highest BCUT2D eigenvalue weighted by molar-refractivity contribution is 5.94. The predicted octanol–water partition coefficient (Wildman–Crippen LogP) is 4.27. The summed E-state index contributed by atoms with van der Waals surface area (Å²) in [5.74, 6) is 1.28. The first-order valence-electron chi connectivity index (χ1n) is 9.59. The van der Waals surface area contributed by atoms with Crippen LogP contribution in [0.15, 0.2) is 36.7 Å². The van der Waals surface area contributed by atoms with Gasteiger partial charge in [0.25, 0.3) is 5.91 Å². The van der Waals surface area contributed by atoms with Crippen molar-refractivity contribution in [3.05, 3.63) is 42.2 Å². The Morgan fingerprint density at radius 3 is 2.54 bits per heavy atom. The zero-order valence-electron chi connectivity index (χ0n) is 15.7. The Labute approximate surface area is 155 Å². The SMILES string of the molecule is CC(C)CNC(=O)c1ccc(-c2cc(NC3CCCCC3)ncn2)cc1. The fraction of sp³-hybridized carbons (Fsp3) is 0.476. The largest absolute Gasteiger partial charge is 0.367 e. The van der Waals surface area contributed by atoms with Gasteiger partial charge >= 0.3 is 0 Å². The molecule has 1 aliphatic carbocycles. The minimum atomic E-state index is -0.0346. The number of rotatable bonds is 6. The van der Waals surface area contributed by atoms with Gasteiger partial charge in [-0.15, -0.1) is 0 Å². The van der Waals surface area contributed by atoms with E-state index in [2.05, 4.69) is 34.4 Å². The molecule has 2 aromatic rings. The number of nitrogens with one attached hydrogen (secondary N) is 2. The van der Waals surface area contributed by atoms with Crippen molar-refractivity contribution in [2.45, 2.75) is 52.0 Å². The van der Waals surface area contributed by atoms with Crippen molar-refractivity contribution in [1.82, 2.24) is 15.3 Å². The average molecular weight is 352 g/mol. The van der Waals surface area contributed by atoms with Crippen molar-refractivity contribution in [3.8, 4) is 11.3 Å². The van der Waals surface area contributed by atoms with Crippen molar-refractivity contribution in [2.75, 3.05) is 11.9 Å². The molecule has 1 heterocycles. The maximum Gasteiger partial charge on any atom is 0.251 e. The van der Waals surface area contributed by atoms with Gasteiger partial charge in [-0.25, -0.2) is 9.97 Å². The van der Waals surface area contributed by atoms with Crippen molar-refractivity contribution < 1.29 is 4.79 Å². The summed E-state index contributed by atoms with van der Waals surface area (Å²) in [6, 6.07) is 10.1. The van der Waals surface area contributed by atoms with Crippen LogP contribution >= 0.6 is 0 Å². The van der Waals surface area contributed by atoms with E-state index in [4.69, 9.17) is 0 Å². The lowest BCUT2D eigenvalue weighted by Gasteiger charge is -2.23. The summed E-state index contributed by atoms with van der Waals surface area (Å²) in [7, 11) is 0. The molecule has 0 spiro atoms. The third kappa shape index (κ3) is 5.04. The Hall–Kier alpha value is -2.43. The second kappa shape index (κ2) is 8.79. The van der Waals surface area contributed by atoms with Crippen LogP contribution in [-0.2, 0) is 0 Å². The van der Waals surface area contributed by atoms with Gasteiger partial charge < -0.3 is 10.6 Å². The standard InChI is InChI=1S/C21H28N4O/c1-15(2)13-22-21(26)17-10-8-16(9-11-17)19-12-20(24-14-23-19)25-18-6-4-3-5-7-18/h8-12,14-15,18H,3-7,13H2,1-2H3,(H,22,26)(H,23,24,25). The lowest BCUT2D eigenvalue weighted by molar-refractivity contribution is 0.0949. The summed E-state index contributed by atoms with van der Waals surface area (Å²) < 4.78 is 0. The van der Waals surface area contributed by atoms with E-state index in [0.29, 0.717) is 24.1 Å². The molecule has 0 bridgehead atoms. The number of carbonyl (C=O) groups is 1. The highest BCUT2D eigenvalue weighted by Gasteiger charge is 2.14. The Balaban J connectivity index is 1.66. The normalized spacial score (nSPS) is 15.0. The molecule has 0 saturated heterocycles. The number of carbonyl (C=O) groups excluding carboxylic acids is 1. The van der Waals surface area contributed by atoms with Gasteiger partial charge in [0.2, 0.25) is 0 Å². The third-order valence-corrected chi connectivity index (χ3v) is 4.74. The summed E-state index contributed by atoms with van der Waals surface area (Å²) in [6.45, 7) is 4.84. The fourth-order valence-electron chi connectivity index (χ4n) is 3.24. The van der Waals surface area contributed by atoms with Crippen molar-refractivity contribution in [2.24, 2.45) is 5.92 Å². The first kappa shape index (κ1) is 18.4. The van der Waals surface area contributed by atoms with E-state index < -0.39 is 0 Å². The van der Waals surface area contributed by atoms with Crippen LogP contribution in [0.2, 0.25) is 0 Å². The van der Waals surface area contributed by atoms with Gasteiger partial charge in [0.15, 0.2) is 0 Å². The van der Waals surface area contributed by atoms with Crippen molar-refractivity contribution in [1.29, 1.82) is 0 Å². The summed E-state index contributed by atoms with van der Waals surface area (Å²) in [6.07, 6.45) is 7.93. The number of hydrogen-bond donors (Lipinski definition) is 2. The van der Waals surface area contributed by atoms with E-state index in [1.54, 1.807) is 6.33 Å². The molecule has 1 fully saturated rings. The van der Waals surface area contributed by atoms with E-state index >= 15 is 0 Å². The molecule has 2 N–H and O–H groups in total. The van der Waals surface area contributed by atoms with E-state index in [1.807, 2.05) is 30.3 Å². The van der Waals surface area contributed by atoms with Crippen LogP contribution in [-0.4, -0.2) is 28.5 Å². The Kier molecular flexibility index (Phi) is 6.21. The molecular formula is C21H28N4O. The fourth-order valence-corrected chi connectivity index (χ4v) is 3.24. The second-order valence-electron chi connectivity index (χ2n) is 7.45. The van der Waals surface area contributed by atoms with Gasteiger partial charge in [-0.3, -0.25) is 4.79 Å². The maximum atomic E-state index is 12.1. The van der Waals surface area contributed by atoms with Crippen LogP contribution in [0.3, 0.4) is 0 Å². The molecule has 1 saturated carbocycles. The molecule has 0 unspecified atom stereocenters. The van der Waals surface area contributed by atoms with Crippen LogP contribution in [0.1, 0.15) is 56.3 Å². The van der Waals surface area contributed by atoms with Crippen LogP contribution in [0.5, 0.6) is 0 Å². The molecule has 5 nitrogen and oxygen atoms in total. The smallest absolute Gasteiger partial charge is 0.251 e. The molecule has 0 atom stereocenters. The number of hydrogen-bond acceptors (Lipinski definition) is 4. The zero-order chi connectivity index (χ0) is 18.4. The Morgan fingerprint density at radius 1 is 1.12 bits per heavy atom. The van der Waals surface area contributed by atoms with E-state index in [9.17, 15) is 4.79 Å². The second-order valence-corrected chi connectivity index (χ2v) is 7.45. The third-order valence-electron chi connectivity index (χ3n) is 4.74. The number of anilines is 1. The minimum absolute atomic E-state index is 0.0346. The average Bonchev–Trinajstić information content (AvgIpc) is 2.67. The Morgan fingerprint density at radius 2 is 1.85 bits per heavy atom. The van der Waals surface area contributed by atoms with Crippen LogP contribution in [0.4, 0.5) is 5.82 Å². The van der Waals surface area contributed by atoms with E-state index in [1.165, 1.54) is 32.1 Å². The van der Waals surface area contributed by atoms with Gasteiger partial charge in [0, 0.05) is 29.8 Å². The summed E-state index contributed by atoms with van der Waals surface area (Å²) in [5.41, 5.74) is 2.52. The maximum absolute atomic E-state index is 12.1. The van der Waals surface area contributed by atoms with Crippen LogP contribution in [0.25, 0.3) is 11.3 Å². The zero-order valence-corrected chi connectivity index (χ0v) is 15.7.